The van der Waals surface area contributed by atoms with Gasteiger partial charge < -0.3 is 19.4 Å². The summed E-state index contributed by atoms with van der Waals surface area (Å²) >= 11 is 0. The molecule has 0 aliphatic carbocycles. The van der Waals surface area contributed by atoms with Crippen molar-refractivity contribution in [3.63, 3.8) is 0 Å². The number of piperazine rings is 1. The molecule has 0 radical (unpaired) electrons. The Hall–Kier alpha value is -2.37. The molecule has 1 aliphatic rings. The molecule has 0 spiro atoms. The molecule has 0 unspecified atom stereocenters. The lowest BCUT2D eigenvalue weighted by Gasteiger charge is -2.30. The minimum Gasteiger partial charge on any atom is -0.496 e. The summed E-state index contributed by atoms with van der Waals surface area (Å²) in [6.07, 6.45) is 0. The number of nitrogens with zero attached hydrogens (tertiary/aromatic N) is 1. The quantitative estimate of drug-likeness (QED) is 0.704. The number of likely N-dealkylation sites (N-methyl/N-ethyl adjacent to an activating group) is 1. The first-order valence-electron chi connectivity index (χ1n) is 10.1. The Balaban J connectivity index is 1.46. The normalized spacial score (nSPS) is 19.2. The number of methoxy groups -OCH3 is 1. The monoisotopic (exact) mass is 383 g/mol. The molecule has 1 saturated heterocycles. The van der Waals surface area contributed by atoms with Crippen LogP contribution in [0.3, 0.4) is 0 Å². The van der Waals surface area contributed by atoms with E-state index in [1.54, 1.807) is 12.0 Å². The van der Waals surface area contributed by atoms with Crippen LogP contribution in [0, 0.1) is 6.92 Å². The molecule has 0 bridgehead atoms. The molecule has 28 heavy (non-hydrogen) atoms. The largest absolute Gasteiger partial charge is 0.496 e. The van der Waals surface area contributed by atoms with Gasteiger partial charge in [0, 0.05) is 24.7 Å². The Labute approximate surface area is 168 Å². The first-order valence-corrected chi connectivity index (χ1v) is 10.1. The van der Waals surface area contributed by atoms with E-state index in [4.69, 9.17) is 4.74 Å². The molecule has 5 nitrogen and oxygen atoms in total. The summed E-state index contributed by atoms with van der Waals surface area (Å²) in [6, 6.07) is 16.5. The lowest BCUT2D eigenvalue weighted by molar-refractivity contribution is -1.02. The van der Waals surface area contributed by atoms with Crippen LogP contribution in [0.1, 0.15) is 16.7 Å². The van der Waals surface area contributed by atoms with E-state index in [0.29, 0.717) is 13.1 Å². The van der Waals surface area contributed by atoms with Crippen LogP contribution in [0.4, 0.5) is 0 Å². The summed E-state index contributed by atoms with van der Waals surface area (Å²) in [4.78, 5) is 17.5. The summed E-state index contributed by atoms with van der Waals surface area (Å²) in [5.74, 6) is 1.03. The van der Waals surface area contributed by atoms with Crippen LogP contribution < -0.4 is 14.5 Å². The predicted octanol–water partition coefficient (Wildman–Crippen LogP) is -0.0544. The van der Waals surface area contributed by atoms with Gasteiger partial charge in [0.1, 0.15) is 38.5 Å². The molecule has 1 aliphatic heterocycles. The zero-order valence-corrected chi connectivity index (χ0v) is 17.3. The third kappa shape index (κ3) is 5.33. The van der Waals surface area contributed by atoms with Crippen LogP contribution in [-0.2, 0) is 17.9 Å². The lowest BCUT2D eigenvalue weighted by Crippen LogP contribution is -3.28. The number of hydrogen-bond donors (Lipinski definition) is 2. The second-order valence-corrected chi connectivity index (χ2v) is 7.84. The third-order valence-electron chi connectivity index (χ3n) is 5.79. The Morgan fingerprint density at radius 3 is 2.25 bits per heavy atom. The maximum absolute atomic E-state index is 12.7. The molecule has 1 fully saturated rings. The van der Waals surface area contributed by atoms with Gasteiger partial charge in [0.05, 0.1) is 7.11 Å². The van der Waals surface area contributed by atoms with Crippen molar-refractivity contribution in [1.29, 1.82) is 0 Å². The number of rotatable bonds is 7. The highest BCUT2D eigenvalue weighted by Crippen LogP contribution is 2.18. The van der Waals surface area contributed by atoms with Crippen molar-refractivity contribution in [2.24, 2.45) is 0 Å². The fraction of sp³-hybridized carbons (Fsp3) is 0.435. The molecule has 150 valence electrons. The van der Waals surface area contributed by atoms with Crippen molar-refractivity contribution in [1.82, 2.24) is 4.90 Å². The number of amides is 1. The number of ether oxygens (including phenoxy) is 1. The Kier molecular flexibility index (Phi) is 7.06. The molecular formula is C23H33N3O2+2. The van der Waals surface area contributed by atoms with Gasteiger partial charge in [-0.1, -0.05) is 42.5 Å². The number of nitrogens with one attached hydrogen (secondary N) is 2. The second kappa shape index (κ2) is 9.71. The summed E-state index contributed by atoms with van der Waals surface area (Å²) in [6.45, 7) is 8.77. The molecule has 1 amide bonds. The van der Waals surface area contributed by atoms with Crippen molar-refractivity contribution in [3.8, 4) is 5.75 Å². The van der Waals surface area contributed by atoms with Crippen LogP contribution in [0.5, 0.6) is 5.75 Å². The first kappa shape index (κ1) is 20.4. The maximum Gasteiger partial charge on any atom is 0.277 e. The molecule has 2 N–H and O–H groups in total. The van der Waals surface area contributed by atoms with Crippen LogP contribution in [0.25, 0.3) is 0 Å². The molecule has 0 saturated carbocycles. The fourth-order valence-electron chi connectivity index (χ4n) is 3.91. The van der Waals surface area contributed by atoms with Crippen LogP contribution in [0.2, 0.25) is 0 Å². The fourth-order valence-corrected chi connectivity index (χ4v) is 3.91. The van der Waals surface area contributed by atoms with Gasteiger partial charge in [-0.05, 0) is 18.6 Å². The smallest absolute Gasteiger partial charge is 0.277 e. The van der Waals surface area contributed by atoms with E-state index in [-0.39, 0.29) is 5.91 Å². The molecule has 2 aromatic rings. The minimum atomic E-state index is 0.197. The molecule has 3 rings (SSSR count). The molecule has 0 aromatic heterocycles. The van der Waals surface area contributed by atoms with Gasteiger partial charge in [-0.3, -0.25) is 4.79 Å². The van der Waals surface area contributed by atoms with Gasteiger partial charge in [-0.15, -0.1) is 0 Å². The topological polar surface area (TPSA) is 38.4 Å². The first-order chi connectivity index (χ1) is 13.6. The van der Waals surface area contributed by atoms with E-state index in [0.717, 1.165) is 44.0 Å². The highest BCUT2D eigenvalue weighted by Gasteiger charge is 2.26. The minimum absolute atomic E-state index is 0.197. The molecule has 1 heterocycles. The van der Waals surface area contributed by atoms with Crippen molar-refractivity contribution in [3.05, 3.63) is 65.2 Å². The number of quaternary nitrogens is 2. The predicted molar refractivity (Wildman–Crippen MR) is 111 cm³/mol. The van der Waals surface area contributed by atoms with E-state index in [2.05, 4.69) is 31.2 Å². The Bertz CT molecular complexity index is 785. The molecule has 2 aromatic carbocycles. The van der Waals surface area contributed by atoms with E-state index >= 15 is 0 Å². The van der Waals surface area contributed by atoms with Gasteiger partial charge in [-0.2, -0.15) is 0 Å². The maximum atomic E-state index is 12.7. The number of aryl methyl sites for hydroxylation is 1. The van der Waals surface area contributed by atoms with E-state index < -0.39 is 0 Å². The van der Waals surface area contributed by atoms with Crippen LogP contribution >= 0.6 is 0 Å². The highest BCUT2D eigenvalue weighted by atomic mass is 16.5. The van der Waals surface area contributed by atoms with Gasteiger partial charge >= 0.3 is 0 Å². The standard InChI is InChI=1S/C23H31N3O2/c1-19-8-4-5-9-20(19)17-25-12-14-26(15-13-25)18-23(27)24(2)16-21-10-6-7-11-22(21)28-3/h4-11H,12-18H2,1-3H3/p+2. The zero-order chi connectivity index (χ0) is 19.9. The number of para-hydroxylation sites is 1. The van der Waals surface area contributed by atoms with Gasteiger partial charge in [0.15, 0.2) is 6.54 Å². The van der Waals surface area contributed by atoms with Gasteiger partial charge in [0.25, 0.3) is 5.91 Å². The van der Waals surface area contributed by atoms with Crippen LogP contribution in [0.15, 0.2) is 48.5 Å². The summed E-state index contributed by atoms with van der Waals surface area (Å²) in [7, 11) is 3.55. The number of carbonyl (C=O) groups excluding carboxylic acids is 1. The lowest BCUT2D eigenvalue weighted by atomic mass is 10.1. The number of carbonyl (C=O) groups is 1. The second-order valence-electron chi connectivity index (χ2n) is 7.84. The summed E-state index contributed by atoms with van der Waals surface area (Å²) in [5.41, 5.74) is 3.86. The van der Waals surface area contributed by atoms with Gasteiger partial charge in [-0.25, -0.2) is 0 Å². The average molecular weight is 384 g/mol. The molecule has 5 heteroatoms. The average Bonchev–Trinajstić information content (AvgIpc) is 2.71. The van der Waals surface area contributed by atoms with E-state index in [1.165, 1.54) is 16.0 Å². The van der Waals surface area contributed by atoms with Crippen molar-refractivity contribution in [2.75, 3.05) is 46.9 Å². The highest BCUT2D eigenvalue weighted by molar-refractivity contribution is 5.76. The van der Waals surface area contributed by atoms with E-state index in [1.807, 2.05) is 36.2 Å². The zero-order valence-electron chi connectivity index (χ0n) is 17.3. The summed E-state index contributed by atoms with van der Waals surface area (Å²) in [5, 5.41) is 0. The van der Waals surface area contributed by atoms with Crippen molar-refractivity contribution >= 4 is 5.91 Å². The van der Waals surface area contributed by atoms with Gasteiger partial charge in [0.2, 0.25) is 0 Å². The number of hydrogen-bond acceptors (Lipinski definition) is 2. The Morgan fingerprint density at radius 2 is 1.57 bits per heavy atom. The number of benzene rings is 2. The molecular weight excluding hydrogens is 350 g/mol. The summed E-state index contributed by atoms with van der Waals surface area (Å²) < 4.78 is 5.40. The van der Waals surface area contributed by atoms with E-state index in [9.17, 15) is 4.79 Å². The van der Waals surface area contributed by atoms with Crippen molar-refractivity contribution < 1.29 is 19.3 Å². The van der Waals surface area contributed by atoms with Crippen LogP contribution in [-0.4, -0.2) is 57.7 Å². The Morgan fingerprint density at radius 1 is 0.964 bits per heavy atom. The van der Waals surface area contributed by atoms with Crippen molar-refractivity contribution in [2.45, 2.75) is 20.0 Å². The third-order valence-corrected chi connectivity index (χ3v) is 5.79. The molecule has 0 atom stereocenters. The SMILES string of the molecule is COc1ccccc1CN(C)C(=O)C[NH+]1CC[NH+](Cc2ccccc2C)CC1.